The van der Waals surface area contributed by atoms with Crippen LogP contribution in [0.3, 0.4) is 0 Å². The van der Waals surface area contributed by atoms with Crippen LogP contribution in [0.25, 0.3) is 0 Å². The molecule has 17 heavy (non-hydrogen) atoms. The Balaban J connectivity index is 1.89. The van der Waals surface area contributed by atoms with Crippen molar-refractivity contribution in [2.24, 2.45) is 5.92 Å². The third-order valence-electron chi connectivity index (χ3n) is 3.53. The molecule has 98 valence electrons. The smallest absolute Gasteiger partial charge is 0.229 e. The van der Waals surface area contributed by atoms with Crippen molar-refractivity contribution in [2.75, 3.05) is 32.8 Å². The molecule has 0 aromatic heterocycles. The van der Waals surface area contributed by atoms with E-state index in [0.717, 1.165) is 13.0 Å². The van der Waals surface area contributed by atoms with E-state index in [1.165, 1.54) is 0 Å². The summed E-state index contributed by atoms with van der Waals surface area (Å²) in [6.45, 7) is 5.31. The second-order valence-electron chi connectivity index (χ2n) is 4.93. The normalized spacial score (nSPS) is 33.3. The van der Waals surface area contributed by atoms with Crippen LogP contribution in [0.1, 0.15) is 19.8 Å². The standard InChI is InChI=1S/C12H22N2O3/c1-2-4-13-11-8-17-7-10(11)12(16)14-5-3-9(15)6-14/h9-11,13,15H,2-8H2,1H3/t9-,10?,11?/m0/s1. The molecule has 2 rings (SSSR count). The molecule has 0 radical (unpaired) electrons. The fourth-order valence-corrected chi connectivity index (χ4v) is 2.51. The van der Waals surface area contributed by atoms with Crippen molar-refractivity contribution in [3.8, 4) is 0 Å². The van der Waals surface area contributed by atoms with Crippen LogP contribution >= 0.6 is 0 Å². The van der Waals surface area contributed by atoms with Crippen LogP contribution in [-0.4, -0.2) is 60.9 Å². The molecular formula is C12H22N2O3. The summed E-state index contributed by atoms with van der Waals surface area (Å²) in [6, 6.07) is 0.139. The topological polar surface area (TPSA) is 61.8 Å². The number of nitrogens with one attached hydrogen (secondary N) is 1. The molecule has 5 heteroatoms. The lowest BCUT2D eigenvalue weighted by atomic mass is 10.0. The number of aliphatic hydroxyl groups excluding tert-OH is 1. The first kappa shape index (κ1) is 12.8. The summed E-state index contributed by atoms with van der Waals surface area (Å²) in [4.78, 5) is 14.0. The molecule has 2 aliphatic rings. The van der Waals surface area contributed by atoms with Gasteiger partial charge in [-0.05, 0) is 19.4 Å². The number of carbonyl (C=O) groups is 1. The van der Waals surface area contributed by atoms with Gasteiger partial charge in [0.1, 0.15) is 0 Å². The molecule has 5 nitrogen and oxygen atoms in total. The quantitative estimate of drug-likeness (QED) is 0.704. The van der Waals surface area contributed by atoms with Crippen LogP contribution in [0.15, 0.2) is 0 Å². The number of β-amino-alcohol motifs (C(OH)–C–C–N with tert-alkyl or cyclic N) is 1. The molecule has 2 unspecified atom stereocenters. The summed E-state index contributed by atoms with van der Waals surface area (Å²) in [6.07, 6.45) is 1.41. The molecule has 3 atom stereocenters. The fourth-order valence-electron chi connectivity index (χ4n) is 2.51. The summed E-state index contributed by atoms with van der Waals surface area (Å²) in [5.74, 6) is 0.0551. The summed E-state index contributed by atoms with van der Waals surface area (Å²) >= 11 is 0. The molecule has 2 N–H and O–H groups in total. The largest absolute Gasteiger partial charge is 0.391 e. The van der Waals surface area contributed by atoms with Crippen molar-refractivity contribution in [3.63, 3.8) is 0 Å². The minimum Gasteiger partial charge on any atom is -0.391 e. The van der Waals surface area contributed by atoms with Gasteiger partial charge in [-0.25, -0.2) is 0 Å². The Hall–Kier alpha value is -0.650. The average Bonchev–Trinajstić information content (AvgIpc) is 2.94. The van der Waals surface area contributed by atoms with Gasteiger partial charge >= 0.3 is 0 Å². The first-order valence-electron chi connectivity index (χ1n) is 6.50. The number of nitrogens with zero attached hydrogens (tertiary/aromatic N) is 1. The van der Waals surface area contributed by atoms with E-state index in [2.05, 4.69) is 12.2 Å². The highest BCUT2D eigenvalue weighted by Crippen LogP contribution is 2.20. The van der Waals surface area contributed by atoms with E-state index in [1.807, 2.05) is 0 Å². The van der Waals surface area contributed by atoms with Gasteiger partial charge in [-0.2, -0.15) is 0 Å². The number of hydrogen-bond acceptors (Lipinski definition) is 4. The molecule has 2 fully saturated rings. The van der Waals surface area contributed by atoms with Gasteiger partial charge in [0.2, 0.25) is 5.91 Å². The zero-order valence-corrected chi connectivity index (χ0v) is 10.4. The number of rotatable bonds is 4. The highest BCUT2D eigenvalue weighted by molar-refractivity contribution is 5.80. The molecule has 0 saturated carbocycles. The van der Waals surface area contributed by atoms with Gasteiger partial charge < -0.3 is 20.1 Å². The van der Waals surface area contributed by atoms with Crippen LogP contribution in [0.2, 0.25) is 0 Å². The number of amides is 1. The third-order valence-corrected chi connectivity index (χ3v) is 3.53. The van der Waals surface area contributed by atoms with Gasteiger partial charge in [-0.15, -0.1) is 0 Å². The third kappa shape index (κ3) is 2.97. The Morgan fingerprint density at radius 3 is 3.00 bits per heavy atom. The summed E-state index contributed by atoms with van der Waals surface area (Å²) < 4.78 is 5.40. The van der Waals surface area contributed by atoms with Gasteiger partial charge in [0.25, 0.3) is 0 Å². The highest BCUT2D eigenvalue weighted by Gasteiger charge is 2.38. The van der Waals surface area contributed by atoms with Crippen molar-refractivity contribution < 1.29 is 14.6 Å². The van der Waals surface area contributed by atoms with Gasteiger partial charge in [0.15, 0.2) is 0 Å². The molecule has 2 saturated heterocycles. The van der Waals surface area contributed by atoms with Crippen LogP contribution in [0.5, 0.6) is 0 Å². The van der Waals surface area contributed by atoms with Crippen molar-refractivity contribution in [1.82, 2.24) is 10.2 Å². The van der Waals surface area contributed by atoms with E-state index in [-0.39, 0.29) is 24.0 Å². The first-order valence-corrected chi connectivity index (χ1v) is 6.50. The van der Waals surface area contributed by atoms with Crippen molar-refractivity contribution in [3.05, 3.63) is 0 Å². The lowest BCUT2D eigenvalue weighted by Gasteiger charge is -2.23. The van der Waals surface area contributed by atoms with E-state index in [1.54, 1.807) is 4.90 Å². The Bertz CT molecular complexity index is 272. The minimum atomic E-state index is -0.344. The molecular weight excluding hydrogens is 220 g/mol. The van der Waals surface area contributed by atoms with Crippen molar-refractivity contribution >= 4 is 5.91 Å². The maximum Gasteiger partial charge on any atom is 0.229 e. The van der Waals surface area contributed by atoms with E-state index in [0.29, 0.717) is 32.7 Å². The zero-order valence-electron chi connectivity index (χ0n) is 10.4. The van der Waals surface area contributed by atoms with E-state index >= 15 is 0 Å². The summed E-state index contributed by atoms with van der Waals surface area (Å²) in [7, 11) is 0. The van der Waals surface area contributed by atoms with Gasteiger partial charge in [0, 0.05) is 19.1 Å². The maximum atomic E-state index is 12.3. The summed E-state index contributed by atoms with van der Waals surface area (Å²) in [5.41, 5.74) is 0. The Kier molecular flexibility index (Phi) is 4.36. The Morgan fingerprint density at radius 1 is 1.53 bits per heavy atom. The predicted molar refractivity (Wildman–Crippen MR) is 63.6 cm³/mol. The van der Waals surface area contributed by atoms with Crippen LogP contribution in [0.4, 0.5) is 0 Å². The number of hydrogen-bond donors (Lipinski definition) is 2. The predicted octanol–water partition coefficient (Wildman–Crippen LogP) is -0.406. The lowest BCUT2D eigenvalue weighted by Crippen LogP contribution is -2.45. The second kappa shape index (κ2) is 5.80. The number of likely N-dealkylation sites (tertiary alicyclic amines) is 1. The van der Waals surface area contributed by atoms with Crippen LogP contribution in [-0.2, 0) is 9.53 Å². The van der Waals surface area contributed by atoms with E-state index in [4.69, 9.17) is 4.74 Å². The molecule has 0 aliphatic carbocycles. The molecule has 1 amide bonds. The lowest BCUT2D eigenvalue weighted by molar-refractivity contribution is -0.135. The maximum absolute atomic E-state index is 12.3. The molecule has 0 bridgehead atoms. The Morgan fingerprint density at radius 2 is 2.35 bits per heavy atom. The first-order chi connectivity index (χ1) is 8.22. The van der Waals surface area contributed by atoms with E-state index < -0.39 is 0 Å². The van der Waals surface area contributed by atoms with Gasteiger partial charge in [0.05, 0.1) is 25.2 Å². The molecule has 0 aromatic carbocycles. The van der Waals surface area contributed by atoms with Crippen LogP contribution in [0, 0.1) is 5.92 Å². The minimum absolute atomic E-state index is 0.0770. The number of aliphatic hydroxyl groups is 1. The zero-order chi connectivity index (χ0) is 12.3. The number of ether oxygens (including phenoxy) is 1. The molecule has 0 aromatic rings. The van der Waals surface area contributed by atoms with Crippen molar-refractivity contribution in [1.29, 1.82) is 0 Å². The monoisotopic (exact) mass is 242 g/mol. The Labute approximate surface area is 102 Å². The fraction of sp³-hybridized carbons (Fsp3) is 0.917. The SMILES string of the molecule is CCCNC1COCC1C(=O)N1CC[C@H](O)C1. The second-order valence-corrected chi connectivity index (χ2v) is 4.93. The van der Waals surface area contributed by atoms with Crippen LogP contribution < -0.4 is 5.32 Å². The van der Waals surface area contributed by atoms with Crippen molar-refractivity contribution in [2.45, 2.75) is 31.9 Å². The highest BCUT2D eigenvalue weighted by atomic mass is 16.5. The molecule has 2 aliphatic heterocycles. The number of carbonyl (C=O) groups excluding carboxylic acids is 1. The molecule has 0 spiro atoms. The van der Waals surface area contributed by atoms with E-state index in [9.17, 15) is 9.90 Å². The summed E-state index contributed by atoms with van der Waals surface area (Å²) in [5, 5.41) is 12.8. The van der Waals surface area contributed by atoms with Gasteiger partial charge in [-0.1, -0.05) is 6.92 Å². The molecule has 2 heterocycles. The average molecular weight is 242 g/mol. The van der Waals surface area contributed by atoms with Gasteiger partial charge in [-0.3, -0.25) is 4.79 Å².